The number of hydrogen-bond donors (Lipinski definition) is 0. The highest BCUT2D eigenvalue weighted by molar-refractivity contribution is 5.76. The van der Waals surface area contributed by atoms with Gasteiger partial charge in [0.1, 0.15) is 12.4 Å². The molecule has 2 heterocycles. The lowest BCUT2D eigenvalue weighted by molar-refractivity contribution is -0.143. The topological polar surface area (TPSA) is 51.0 Å². The lowest BCUT2D eigenvalue weighted by Crippen LogP contribution is -2.36. The number of likely N-dealkylation sites (tertiary alicyclic amines) is 1. The summed E-state index contributed by atoms with van der Waals surface area (Å²) in [4.78, 5) is 17.8. The fraction of sp³-hybridized carbons (Fsp3) is 0.812. The van der Waals surface area contributed by atoms with Crippen LogP contribution in [0.2, 0.25) is 0 Å². The molecule has 0 spiro atoms. The maximum absolute atomic E-state index is 12.7. The minimum Gasteiger partial charge on any atom is -0.343 e. The summed E-state index contributed by atoms with van der Waals surface area (Å²) in [6.07, 6.45) is -0.275. The molecule has 0 radical (unpaired) electrons. The summed E-state index contributed by atoms with van der Waals surface area (Å²) in [6, 6.07) is 0. The van der Waals surface area contributed by atoms with Crippen LogP contribution in [-0.4, -0.2) is 44.8 Å². The Morgan fingerprint density at radius 2 is 2.00 bits per heavy atom. The molecule has 1 aliphatic rings. The van der Waals surface area contributed by atoms with Gasteiger partial charge in [0.15, 0.2) is 5.82 Å². The molecule has 1 aromatic rings. The Bertz CT molecular complexity index is 554. The van der Waals surface area contributed by atoms with Crippen LogP contribution in [-0.2, 0) is 24.2 Å². The number of aryl methyl sites for hydroxylation is 1. The van der Waals surface area contributed by atoms with Crippen LogP contribution in [0.1, 0.15) is 51.2 Å². The van der Waals surface area contributed by atoms with E-state index in [1.54, 1.807) is 4.90 Å². The molecule has 1 fully saturated rings. The van der Waals surface area contributed by atoms with Crippen LogP contribution < -0.4 is 0 Å². The maximum atomic E-state index is 12.7. The van der Waals surface area contributed by atoms with Crippen molar-refractivity contribution in [1.29, 1.82) is 0 Å². The van der Waals surface area contributed by atoms with E-state index in [-0.39, 0.29) is 11.8 Å². The van der Waals surface area contributed by atoms with E-state index >= 15 is 0 Å². The normalized spacial score (nSPS) is 16.2. The molecule has 5 nitrogen and oxygen atoms in total. The highest BCUT2D eigenvalue weighted by atomic mass is 19.4. The van der Waals surface area contributed by atoms with Gasteiger partial charge in [-0.05, 0) is 25.2 Å². The number of alkyl halides is 3. The van der Waals surface area contributed by atoms with Gasteiger partial charge in [0.05, 0.1) is 0 Å². The van der Waals surface area contributed by atoms with Crippen LogP contribution in [0.25, 0.3) is 0 Å². The molecule has 0 bridgehead atoms. The lowest BCUT2D eigenvalue weighted by atomic mass is 10.1. The van der Waals surface area contributed by atoms with Gasteiger partial charge in [-0.2, -0.15) is 18.3 Å². The molecule has 0 atom stereocenters. The van der Waals surface area contributed by atoms with Crippen molar-refractivity contribution in [2.24, 2.45) is 5.92 Å². The van der Waals surface area contributed by atoms with Crippen molar-refractivity contribution in [3.63, 3.8) is 0 Å². The van der Waals surface area contributed by atoms with Crippen molar-refractivity contribution in [3.8, 4) is 0 Å². The zero-order valence-electron chi connectivity index (χ0n) is 14.3. The van der Waals surface area contributed by atoms with Crippen LogP contribution in [0, 0.1) is 5.92 Å². The first-order valence-electron chi connectivity index (χ1n) is 8.51. The molecule has 136 valence electrons. The molecule has 0 saturated carbocycles. The Kier molecular flexibility index (Phi) is 6.23. The van der Waals surface area contributed by atoms with E-state index < -0.39 is 12.7 Å². The second kappa shape index (κ2) is 7.98. The van der Waals surface area contributed by atoms with Crippen molar-refractivity contribution < 1.29 is 18.0 Å². The van der Waals surface area contributed by atoms with Gasteiger partial charge in [-0.1, -0.05) is 13.8 Å². The highest BCUT2D eigenvalue weighted by Crippen LogP contribution is 2.19. The number of hydrogen-bond acceptors (Lipinski definition) is 3. The molecule has 1 saturated heterocycles. The number of nitrogens with zero attached hydrogens (tertiary/aromatic N) is 4. The molecule has 1 aromatic heterocycles. The van der Waals surface area contributed by atoms with Crippen LogP contribution in [0.3, 0.4) is 0 Å². The van der Waals surface area contributed by atoms with Crippen LogP contribution in [0.5, 0.6) is 0 Å². The Morgan fingerprint density at radius 1 is 1.25 bits per heavy atom. The third-order valence-corrected chi connectivity index (χ3v) is 3.96. The minimum atomic E-state index is -4.32. The molecule has 0 N–H and O–H groups in total. The second-order valence-electron chi connectivity index (χ2n) is 6.76. The average Bonchev–Trinajstić information content (AvgIpc) is 2.79. The van der Waals surface area contributed by atoms with Gasteiger partial charge in [0.2, 0.25) is 5.91 Å². The summed E-state index contributed by atoms with van der Waals surface area (Å²) in [6.45, 7) is 4.15. The minimum absolute atomic E-state index is 0.138. The molecule has 0 aromatic carbocycles. The number of amides is 1. The van der Waals surface area contributed by atoms with E-state index in [2.05, 4.69) is 10.1 Å². The summed E-state index contributed by atoms with van der Waals surface area (Å²) in [5.74, 6) is 1.23. The van der Waals surface area contributed by atoms with Crippen molar-refractivity contribution in [3.05, 3.63) is 11.6 Å². The number of aromatic nitrogens is 3. The van der Waals surface area contributed by atoms with E-state index in [9.17, 15) is 18.0 Å². The smallest absolute Gasteiger partial charge is 0.343 e. The fourth-order valence-corrected chi connectivity index (χ4v) is 2.89. The standard InChI is InChI=1S/C16H25F3N4O/c1-12(2)10-13-20-14(23(21-13)11-16(17,18)19)6-5-9-22-8-4-3-7-15(22)24/h12H,3-11H2,1-2H3. The number of rotatable bonds is 7. The van der Waals surface area contributed by atoms with E-state index in [0.29, 0.717) is 43.9 Å². The number of carbonyl (C=O) groups is 1. The van der Waals surface area contributed by atoms with Crippen LogP contribution in [0.15, 0.2) is 0 Å². The highest BCUT2D eigenvalue weighted by Gasteiger charge is 2.30. The van der Waals surface area contributed by atoms with Gasteiger partial charge in [-0.3, -0.25) is 4.79 Å². The van der Waals surface area contributed by atoms with Crippen molar-refractivity contribution in [2.45, 2.75) is 65.1 Å². The largest absolute Gasteiger partial charge is 0.408 e. The number of halogens is 3. The average molecular weight is 346 g/mol. The fourth-order valence-electron chi connectivity index (χ4n) is 2.89. The zero-order chi connectivity index (χ0) is 17.7. The third kappa shape index (κ3) is 5.79. The monoisotopic (exact) mass is 346 g/mol. The summed E-state index contributed by atoms with van der Waals surface area (Å²) in [5, 5.41) is 4.02. The quantitative estimate of drug-likeness (QED) is 0.763. The van der Waals surface area contributed by atoms with Gasteiger partial charge in [0, 0.05) is 32.4 Å². The summed E-state index contributed by atoms with van der Waals surface area (Å²) in [7, 11) is 0. The van der Waals surface area contributed by atoms with Crippen molar-refractivity contribution in [1.82, 2.24) is 19.7 Å². The Hall–Kier alpha value is -1.60. The van der Waals surface area contributed by atoms with Crippen molar-refractivity contribution in [2.75, 3.05) is 13.1 Å². The van der Waals surface area contributed by atoms with Crippen LogP contribution in [0.4, 0.5) is 13.2 Å². The van der Waals surface area contributed by atoms with E-state index in [4.69, 9.17) is 0 Å². The molecular weight excluding hydrogens is 321 g/mol. The summed E-state index contributed by atoms with van der Waals surface area (Å²) < 4.78 is 39.1. The summed E-state index contributed by atoms with van der Waals surface area (Å²) in [5.41, 5.74) is 0. The first-order valence-corrected chi connectivity index (χ1v) is 8.51. The molecule has 1 aliphatic heterocycles. The van der Waals surface area contributed by atoms with E-state index in [0.717, 1.165) is 24.1 Å². The molecule has 2 rings (SSSR count). The van der Waals surface area contributed by atoms with Gasteiger partial charge >= 0.3 is 6.18 Å². The maximum Gasteiger partial charge on any atom is 0.408 e. The van der Waals surface area contributed by atoms with Gasteiger partial charge < -0.3 is 4.90 Å². The van der Waals surface area contributed by atoms with Gasteiger partial charge in [-0.25, -0.2) is 9.67 Å². The second-order valence-corrected chi connectivity index (χ2v) is 6.76. The molecule has 8 heteroatoms. The molecular formula is C16H25F3N4O. The zero-order valence-corrected chi connectivity index (χ0v) is 14.3. The first-order chi connectivity index (χ1) is 11.2. The Morgan fingerprint density at radius 3 is 2.62 bits per heavy atom. The predicted molar refractivity (Wildman–Crippen MR) is 83.4 cm³/mol. The third-order valence-electron chi connectivity index (χ3n) is 3.96. The molecule has 0 unspecified atom stereocenters. The molecule has 24 heavy (non-hydrogen) atoms. The van der Waals surface area contributed by atoms with Gasteiger partial charge in [0.25, 0.3) is 0 Å². The van der Waals surface area contributed by atoms with Gasteiger partial charge in [-0.15, -0.1) is 0 Å². The predicted octanol–water partition coefficient (Wildman–Crippen LogP) is 2.98. The SMILES string of the molecule is CC(C)Cc1nc(CCCN2CCCCC2=O)n(CC(F)(F)F)n1. The molecule has 0 aliphatic carbocycles. The van der Waals surface area contributed by atoms with E-state index in [1.165, 1.54) is 0 Å². The number of carbonyl (C=O) groups excluding carboxylic acids is 1. The Labute approximate surface area is 140 Å². The number of piperidine rings is 1. The first kappa shape index (κ1) is 18.7. The van der Waals surface area contributed by atoms with Crippen LogP contribution >= 0.6 is 0 Å². The van der Waals surface area contributed by atoms with E-state index in [1.807, 2.05) is 13.8 Å². The molecule has 1 amide bonds. The van der Waals surface area contributed by atoms with Crippen molar-refractivity contribution >= 4 is 5.91 Å². The lowest BCUT2D eigenvalue weighted by Gasteiger charge is -2.26. The summed E-state index contributed by atoms with van der Waals surface area (Å²) >= 11 is 0. The Balaban J connectivity index is 1.98.